The van der Waals surface area contributed by atoms with E-state index in [1.165, 1.54) is 11.3 Å². The third-order valence-electron chi connectivity index (χ3n) is 6.03. The topological polar surface area (TPSA) is 25.4 Å². The number of hydrogen-bond donors (Lipinski definition) is 0. The molecule has 1 aliphatic heterocycles. The van der Waals surface area contributed by atoms with Crippen LogP contribution in [0.1, 0.15) is 44.9 Å². The number of rotatable bonds is 8. The van der Waals surface area contributed by atoms with Gasteiger partial charge in [-0.3, -0.25) is 9.88 Å². The Morgan fingerprint density at radius 2 is 1.96 bits per heavy atom. The Bertz CT molecular complexity index is 717. The molecule has 1 saturated heterocycles. The van der Waals surface area contributed by atoms with Gasteiger partial charge in [-0.15, -0.1) is 0 Å². The third-order valence-corrected chi connectivity index (χ3v) is 6.28. The highest BCUT2D eigenvalue weighted by molar-refractivity contribution is 6.30. The van der Waals surface area contributed by atoms with E-state index in [4.69, 9.17) is 16.3 Å². The fourth-order valence-corrected chi connectivity index (χ4v) is 4.23. The minimum Gasteiger partial charge on any atom is -0.381 e. The number of benzene rings is 1. The van der Waals surface area contributed by atoms with E-state index >= 15 is 0 Å². The van der Waals surface area contributed by atoms with Crippen molar-refractivity contribution >= 4 is 11.6 Å². The lowest BCUT2D eigenvalue weighted by molar-refractivity contribution is 0.0384. The van der Waals surface area contributed by atoms with Gasteiger partial charge >= 0.3 is 0 Å². The summed E-state index contributed by atoms with van der Waals surface area (Å²) in [7, 11) is 0. The molecule has 0 bridgehead atoms. The van der Waals surface area contributed by atoms with Crippen LogP contribution >= 0.6 is 11.6 Å². The summed E-state index contributed by atoms with van der Waals surface area (Å²) in [6.07, 6.45) is 5.16. The zero-order valence-electron chi connectivity index (χ0n) is 16.7. The summed E-state index contributed by atoms with van der Waals surface area (Å²) in [5, 5.41) is 0.789. The van der Waals surface area contributed by atoms with Gasteiger partial charge in [0.2, 0.25) is 0 Å². The Morgan fingerprint density at radius 3 is 2.63 bits per heavy atom. The van der Waals surface area contributed by atoms with E-state index in [0.717, 1.165) is 50.6 Å². The van der Waals surface area contributed by atoms with Crippen LogP contribution in [0.15, 0.2) is 48.7 Å². The van der Waals surface area contributed by atoms with Crippen LogP contribution in [0.4, 0.5) is 0 Å². The van der Waals surface area contributed by atoms with Gasteiger partial charge in [0.1, 0.15) is 0 Å². The Hall–Kier alpha value is -1.42. The van der Waals surface area contributed by atoms with Crippen molar-refractivity contribution in [3.8, 4) is 0 Å². The quantitative estimate of drug-likeness (QED) is 0.613. The summed E-state index contributed by atoms with van der Waals surface area (Å²) < 4.78 is 5.93. The molecule has 4 heteroatoms. The zero-order valence-corrected chi connectivity index (χ0v) is 17.5. The highest BCUT2D eigenvalue weighted by Gasteiger charge is 2.43. The maximum absolute atomic E-state index is 6.09. The average Bonchev–Trinajstić information content (AvgIpc) is 3.12. The number of likely N-dealkylation sites (tertiary alicyclic amines) is 1. The van der Waals surface area contributed by atoms with E-state index in [1.807, 2.05) is 24.4 Å². The van der Waals surface area contributed by atoms with Crippen molar-refractivity contribution in [2.45, 2.75) is 45.6 Å². The van der Waals surface area contributed by atoms with Crippen LogP contribution in [0.2, 0.25) is 5.02 Å². The normalized spacial score (nSPS) is 20.9. The van der Waals surface area contributed by atoms with Crippen molar-refractivity contribution in [1.29, 1.82) is 0 Å². The number of halogens is 1. The second kappa shape index (κ2) is 8.72. The summed E-state index contributed by atoms with van der Waals surface area (Å²) in [5.41, 5.74) is 2.65. The minimum atomic E-state index is -0.0243. The van der Waals surface area contributed by atoms with Crippen molar-refractivity contribution in [3.63, 3.8) is 0 Å². The van der Waals surface area contributed by atoms with Crippen LogP contribution in [-0.2, 0) is 16.7 Å². The fourth-order valence-electron chi connectivity index (χ4n) is 4.10. The predicted molar refractivity (Wildman–Crippen MR) is 112 cm³/mol. The van der Waals surface area contributed by atoms with E-state index in [9.17, 15) is 0 Å². The van der Waals surface area contributed by atoms with Gasteiger partial charge in [0.15, 0.2) is 0 Å². The standard InChI is InChI=1S/C23H31ClN2O/c1-4-27-18-23(13-12-21-7-5-6-15-25-21)14-16-26(17-23)22(2,3)19-8-10-20(24)11-9-19/h5-11,15H,4,12-14,16-18H2,1-3H3/t23-/m0/s1. The lowest BCUT2D eigenvalue weighted by Crippen LogP contribution is -2.42. The average molecular weight is 387 g/mol. The van der Waals surface area contributed by atoms with E-state index in [-0.39, 0.29) is 11.0 Å². The molecule has 2 aromatic rings. The van der Waals surface area contributed by atoms with Crippen LogP contribution in [0, 0.1) is 5.41 Å². The second-order valence-electron chi connectivity index (χ2n) is 8.20. The first-order valence-corrected chi connectivity index (χ1v) is 10.3. The van der Waals surface area contributed by atoms with Gasteiger partial charge in [-0.1, -0.05) is 29.8 Å². The highest BCUT2D eigenvalue weighted by Crippen LogP contribution is 2.41. The van der Waals surface area contributed by atoms with Gasteiger partial charge in [-0.05, 0) is 76.4 Å². The Morgan fingerprint density at radius 1 is 1.19 bits per heavy atom. The van der Waals surface area contributed by atoms with Crippen molar-refractivity contribution < 1.29 is 4.74 Å². The second-order valence-corrected chi connectivity index (χ2v) is 8.63. The molecule has 2 heterocycles. The van der Waals surface area contributed by atoms with Gasteiger partial charge in [0.25, 0.3) is 0 Å². The van der Waals surface area contributed by atoms with Crippen LogP contribution in [-0.4, -0.2) is 36.2 Å². The molecule has 1 aromatic heterocycles. The van der Waals surface area contributed by atoms with Crippen molar-refractivity contribution in [2.75, 3.05) is 26.3 Å². The molecular formula is C23H31ClN2O. The van der Waals surface area contributed by atoms with Gasteiger partial charge in [0.05, 0.1) is 6.61 Å². The smallest absolute Gasteiger partial charge is 0.0535 e. The summed E-state index contributed by atoms with van der Waals surface area (Å²) in [6.45, 7) is 10.4. The first-order chi connectivity index (χ1) is 13.0. The summed E-state index contributed by atoms with van der Waals surface area (Å²) in [5.74, 6) is 0. The molecule has 3 rings (SSSR count). The molecule has 0 saturated carbocycles. The molecule has 0 radical (unpaired) electrons. The Balaban J connectivity index is 1.73. The Kier molecular flexibility index (Phi) is 6.56. The van der Waals surface area contributed by atoms with E-state index in [2.05, 4.69) is 54.9 Å². The molecule has 0 unspecified atom stereocenters. The fraction of sp³-hybridized carbons (Fsp3) is 0.522. The SMILES string of the molecule is CCOC[C@@]1(CCc2ccccn2)CCN(C(C)(C)c2ccc(Cl)cc2)C1. The number of hydrogen-bond acceptors (Lipinski definition) is 3. The van der Waals surface area contributed by atoms with Crippen LogP contribution in [0.3, 0.4) is 0 Å². The number of ether oxygens (including phenoxy) is 1. The molecule has 1 aromatic carbocycles. The lowest BCUT2D eigenvalue weighted by Gasteiger charge is -2.38. The molecule has 1 atom stereocenters. The molecule has 27 heavy (non-hydrogen) atoms. The molecule has 3 nitrogen and oxygen atoms in total. The molecule has 0 amide bonds. The highest BCUT2D eigenvalue weighted by atomic mass is 35.5. The van der Waals surface area contributed by atoms with Crippen molar-refractivity contribution in [1.82, 2.24) is 9.88 Å². The summed E-state index contributed by atoms with van der Waals surface area (Å²) in [4.78, 5) is 7.11. The van der Waals surface area contributed by atoms with E-state index < -0.39 is 0 Å². The van der Waals surface area contributed by atoms with E-state index in [1.54, 1.807) is 0 Å². The molecule has 1 fully saturated rings. The first kappa shape index (κ1) is 20.3. The number of aromatic nitrogens is 1. The molecule has 0 aliphatic carbocycles. The molecule has 0 spiro atoms. The van der Waals surface area contributed by atoms with Crippen molar-refractivity contribution in [3.05, 3.63) is 64.9 Å². The van der Waals surface area contributed by atoms with Gasteiger partial charge in [0, 0.05) is 41.0 Å². The van der Waals surface area contributed by atoms with Gasteiger partial charge < -0.3 is 4.74 Å². The molecule has 146 valence electrons. The van der Waals surface area contributed by atoms with Crippen molar-refractivity contribution in [2.24, 2.45) is 5.41 Å². The molecule has 1 aliphatic rings. The third kappa shape index (κ3) is 4.90. The molecular weight excluding hydrogens is 356 g/mol. The Labute approximate surface area is 168 Å². The number of aryl methyl sites for hydroxylation is 1. The van der Waals surface area contributed by atoms with Crippen LogP contribution in [0.5, 0.6) is 0 Å². The lowest BCUT2D eigenvalue weighted by atomic mass is 9.82. The van der Waals surface area contributed by atoms with Crippen LogP contribution in [0.25, 0.3) is 0 Å². The predicted octanol–water partition coefficient (Wildman–Crippen LogP) is 5.33. The van der Waals surface area contributed by atoms with Gasteiger partial charge in [-0.2, -0.15) is 0 Å². The summed E-state index contributed by atoms with van der Waals surface area (Å²) in [6, 6.07) is 14.5. The largest absolute Gasteiger partial charge is 0.381 e. The van der Waals surface area contributed by atoms with E-state index in [0.29, 0.717) is 0 Å². The maximum Gasteiger partial charge on any atom is 0.0535 e. The maximum atomic E-state index is 6.09. The zero-order chi connectivity index (χ0) is 19.3. The number of nitrogens with zero attached hydrogens (tertiary/aromatic N) is 2. The van der Waals surface area contributed by atoms with Crippen LogP contribution < -0.4 is 0 Å². The molecule has 0 N–H and O–H groups in total. The number of pyridine rings is 1. The minimum absolute atomic E-state index is 0.0243. The van der Waals surface area contributed by atoms with Gasteiger partial charge in [-0.25, -0.2) is 0 Å². The summed E-state index contributed by atoms with van der Waals surface area (Å²) >= 11 is 6.09. The first-order valence-electron chi connectivity index (χ1n) is 9.94. The monoisotopic (exact) mass is 386 g/mol.